The van der Waals surface area contributed by atoms with Crippen molar-refractivity contribution >= 4 is 29.1 Å². The lowest BCUT2D eigenvalue weighted by Crippen LogP contribution is -2.28. The molecule has 0 saturated heterocycles. The minimum Gasteiger partial charge on any atom is -0.382 e. The van der Waals surface area contributed by atoms with Crippen molar-refractivity contribution in [2.45, 2.75) is 49.9 Å². The summed E-state index contributed by atoms with van der Waals surface area (Å²) in [4.78, 5) is 19.1. The van der Waals surface area contributed by atoms with Crippen LogP contribution in [-0.4, -0.2) is 23.0 Å². The molecule has 0 aromatic heterocycles. The van der Waals surface area contributed by atoms with Crippen molar-refractivity contribution in [1.29, 1.82) is 0 Å². The van der Waals surface area contributed by atoms with Crippen LogP contribution in [0.4, 0.5) is 5.69 Å². The van der Waals surface area contributed by atoms with Crippen LogP contribution in [0.15, 0.2) is 58.6 Å². The topological polar surface area (TPSA) is 50.7 Å². The summed E-state index contributed by atoms with van der Waals surface area (Å²) in [6.45, 7) is 6.42. The van der Waals surface area contributed by atoms with Crippen molar-refractivity contribution in [1.82, 2.24) is 0 Å². The average molecular weight is 369 g/mol. The first kappa shape index (κ1) is 18.5. The van der Waals surface area contributed by atoms with Crippen molar-refractivity contribution in [3.63, 3.8) is 0 Å². The van der Waals surface area contributed by atoms with Crippen LogP contribution in [-0.2, 0) is 9.63 Å². The number of benzene rings is 2. The first-order valence-electron chi connectivity index (χ1n) is 8.93. The van der Waals surface area contributed by atoms with E-state index in [2.05, 4.69) is 36.5 Å². The van der Waals surface area contributed by atoms with Gasteiger partial charge in [0.1, 0.15) is 0 Å². The molecule has 0 fully saturated rings. The summed E-state index contributed by atoms with van der Waals surface area (Å²) in [5.41, 5.74) is 3.67. The highest BCUT2D eigenvalue weighted by Crippen LogP contribution is 2.29. The molecule has 4 nitrogen and oxygen atoms in total. The molecule has 1 amide bonds. The first-order chi connectivity index (χ1) is 12.6. The van der Waals surface area contributed by atoms with Crippen LogP contribution in [0.2, 0.25) is 0 Å². The summed E-state index contributed by atoms with van der Waals surface area (Å²) in [6.07, 6.45) is 1.03. The van der Waals surface area contributed by atoms with Gasteiger partial charge in [-0.05, 0) is 42.7 Å². The maximum atomic E-state index is 12.5. The number of nitrogens with zero attached hydrogens (tertiary/aromatic N) is 1. The number of carbonyl (C=O) groups is 1. The van der Waals surface area contributed by atoms with E-state index in [1.54, 1.807) is 0 Å². The fraction of sp³-hybridized carbons (Fsp3) is 0.333. The molecule has 0 bridgehead atoms. The smallest absolute Gasteiger partial charge is 0.268 e. The largest absolute Gasteiger partial charge is 0.382 e. The molecule has 0 saturated carbocycles. The molecular formula is C21H24N2O2S. The molecule has 2 atom stereocenters. The first-order valence-corrected chi connectivity index (χ1v) is 9.81. The number of thioether (sulfide) groups is 1. The molecule has 0 aliphatic carbocycles. The highest BCUT2D eigenvalue weighted by atomic mass is 32.2. The Kier molecular flexibility index (Phi) is 5.99. The number of hydrogen-bond acceptors (Lipinski definition) is 4. The van der Waals surface area contributed by atoms with Gasteiger partial charge in [0.2, 0.25) is 6.10 Å². The fourth-order valence-electron chi connectivity index (χ4n) is 2.70. The molecule has 3 rings (SSSR count). The lowest BCUT2D eigenvalue weighted by molar-refractivity contribution is -0.125. The molecular weight excluding hydrogens is 344 g/mol. The van der Waals surface area contributed by atoms with E-state index in [0.717, 1.165) is 28.9 Å². The van der Waals surface area contributed by atoms with Crippen LogP contribution in [0.25, 0.3) is 0 Å². The Morgan fingerprint density at radius 2 is 2.08 bits per heavy atom. The molecule has 2 aromatic rings. The van der Waals surface area contributed by atoms with Gasteiger partial charge in [-0.3, -0.25) is 4.79 Å². The second-order valence-corrected chi connectivity index (χ2v) is 8.02. The monoisotopic (exact) mass is 368 g/mol. The molecule has 0 spiro atoms. The van der Waals surface area contributed by atoms with E-state index in [9.17, 15) is 4.79 Å². The number of carbonyl (C=O) groups excluding carboxylic acids is 1. The second-order valence-electron chi connectivity index (χ2n) is 6.50. The van der Waals surface area contributed by atoms with Crippen molar-refractivity contribution in [3.05, 3.63) is 59.7 Å². The van der Waals surface area contributed by atoms with Gasteiger partial charge in [-0.25, -0.2) is 0 Å². The molecule has 1 N–H and O–H groups in total. The quantitative estimate of drug-likeness (QED) is 0.729. The lowest BCUT2D eigenvalue weighted by Gasteiger charge is -2.14. The van der Waals surface area contributed by atoms with Crippen molar-refractivity contribution in [2.24, 2.45) is 5.16 Å². The molecule has 1 aliphatic rings. The molecule has 1 aliphatic heterocycles. The van der Waals surface area contributed by atoms with Crippen LogP contribution in [0.1, 0.15) is 37.8 Å². The number of oxime groups is 1. The van der Waals surface area contributed by atoms with Crippen LogP contribution in [0, 0.1) is 6.92 Å². The maximum absolute atomic E-state index is 12.5. The van der Waals surface area contributed by atoms with Gasteiger partial charge in [0.15, 0.2) is 0 Å². The molecule has 2 unspecified atom stereocenters. The minimum atomic E-state index is -0.584. The van der Waals surface area contributed by atoms with E-state index in [1.165, 1.54) is 4.90 Å². The van der Waals surface area contributed by atoms with Gasteiger partial charge in [-0.1, -0.05) is 49.3 Å². The van der Waals surface area contributed by atoms with E-state index in [0.29, 0.717) is 11.7 Å². The van der Waals surface area contributed by atoms with Crippen LogP contribution < -0.4 is 5.32 Å². The van der Waals surface area contributed by atoms with E-state index < -0.39 is 6.10 Å². The molecule has 26 heavy (non-hydrogen) atoms. The Bertz CT molecular complexity index is 805. The third kappa shape index (κ3) is 4.47. The molecule has 0 radical (unpaired) electrons. The van der Waals surface area contributed by atoms with Crippen LogP contribution >= 0.6 is 11.8 Å². The van der Waals surface area contributed by atoms with Gasteiger partial charge in [-0.2, -0.15) is 0 Å². The highest BCUT2D eigenvalue weighted by Gasteiger charge is 2.29. The predicted molar refractivity (Wildman–Crippen MR) is 108 cm³/mol. The van der Waals surface area contributed by atoms with E-state index in [1.807, 2.05) is 55.1 Å². The van der Waals surface area contributed by atoms with Gasteiger partial charge in [0, 0.05) is 22.3 Å². The molecule has 5 heteroatoms. The number of anilines is 1. The highest BCUT2D eigenvalue weighted by molar-refractivity contribution is 7.99. The Balaban J connectivity index is 1.60. The number of rotatable bonds is 6. The zero-order valence-electron chi connectivity index (χ0n) is 15.4. The summed E-state index contributed by atoms with van der Waals surface area (Å²) < 4.78 is 0. The summed E-state index contributed by atoms with van der Waals surface area (Å²) in [7, 11) is 0. The normalized spacial score (nSPS) is 17.3. The van der Waals surface area contributed by atoms with E-state index >= 15 is 0 Å². The number of nitrogens with one attached hydrogen (secondary N) is 1. The number of amides is 1. The Morgan fingerprint density at radius 3 is 2.77 bits per heavy atom. The predicted octanol–water partition coefficient (Wildman–Crippen LogP) is 5.02. The standard InChI is InChI=1S/C21H24N2O2S/c1-4-15(3)26-17-10-11-18(14(2)12-17)22-21(24)20-13-19(23-25-20)16-8-6-5-7-9-16/h5-12,15,20H,4,13H2,1-3H3,(H,22,24). The summed E-state index contributed by atoms with van der Waals surface area (Å²) in [5, 5.41) is 7.63. The average Bonchev–Trinajstić information content (AvgIpc) is 3.15. The fourth-order valence-corrected chi connectivity index (χ4v) is 3.72. The minimum absolute atomic E-state index is 0.162. The molecule has 2 aromatic carbocycles. The van der Waals surface area contributed by atoms with Gasteiger partial charge < -0.3 is 10.2 Å². The van der Waals surface area contributed by atoms with Crippen LogP contribution in [0.3, 0.4) is 0 Å². The zero-order valence-corrected chi connectivity index (χ0v) is 16.2. The van der Waals surface area contributed by atoms with Crippen molar-refractivity contribution < 1.29 is 9.63 Å². The Morgan fingerprint density at radius 1 is 1.31 bits per heavy atom. The molecule has 136 valence electrons. The number of hydrogen-bond donors (Lipinski definition) is 1. The van der Waals surface area contributed by atoms with Gasteiger partial charge in [0.05, 0.1) is 5.71 Å². The van der Waals surface area contributed by atoms with Gasteiger partial charge in [0.25, 0.3) is 5.91 Å². The maximum Gasteiger partial charge on any atom is 0.268 e. The summed E-state index contributed by atoms with van der Waals surface area (Å²) >= 11 is 1.85. The van der Waals surface area contributed by atoms with E-state index in [-0.39, 0.29) is 5.91 Å². The SMILES string of the molecule is CCC(C)Sc1ccc(NC(=O)C2CC(c3ccccc3)=NO2)c(C)c1. The lowest BCUT2D eigenvalue weighted by atomic mass is 10.0. The van der Waals surface area contributed by atoms with Crippen LogP contribution in [0.5, 0.6) is 0 Å². The van der Waals surface area contributed by atoms with E-state index in [4.69, 9.17) is 4.84 Å². The summed E-state index contributed by atoms with van der Waals surface area (Å²) in [5.74, 6) is -0.162. The summed E-state index contributed by atoms with van der Waals surface area (Å²) in [6, 6.07) is 15.9. The van der Waals surface area contributed by atoms with Gasteiger partial charge >= 0.3 is 0 Å². The third-order valence-corrected chi connectivity index (χ3v) is 5.70. The molecule has 1 heterocycles. The van der Waals surface area contributed by atoms with Crippen molar-refractivity contribution in [2.75, 3.05) is 5.32 Å². The zero-order chi connectivity index (χ0) is 18.5. The number of aryl methyl sites for hydroxylation is 1. The third-order valence-electron chi connectivity index (χ3n) is 4.44. The Hall–Kier alpha value is -2.27. The second kappa shape index (κ2) is 8.41. The Labute approximate surface area is 159 Å². The van der Waals surface area contributed by atoms with Crippen molar-refractivity contribution in [3.8, 4) is 0 Å². The van der Waals surface area contributed by atoms with Gasteiger partial charge in [-0.15, -0.1) is 11.8 Å².